The zero-order valence-electron chi connectivity index (χ0n) is 22.1. The molecule has 7 nitrogen and oxygen atoms in total. The molecular formula is C29H34ClN3O4S. The van der Waals surface area contributed by atoms with Gasteiger partial charge in [-0.3, -0.25) is 13.9 Å². The number of hydrogen-bond donors (Lipinski definition) is 1. The van der Waals surface area contributed by atoms with Gasteiger partial charge in [0.1, 0.15) is 12.6 Å². The number of carbonyl (C=O) groups is 2. The van der Waals surface area contributed by atoms with Gasteiger partial charge in [0.25, 0.3) is 10.0 Å². The number of benzene rings is 3. The number of halogens is 1. The van der Waals surface area contributed by atoms with Crippen molar-refractivity contribution in [1.29, 1.82) is 0 Å². The molecule has 0 bridgehead atoms. The smallest absolute Gasteiger partial charge is 0.264 e. The highest BCUT2D eigenvalue weighted by Gasteiger charge is 2.32. The van der Waals surface area contributed by atoms with Crippen molar-refractivity contribution in [3.8, 4) is 0 Å². The molecule has 2 unspecified atom stereocenters. The molecule has 0 aliphatic carbocycles. The van der Waals surface area contributed by atoms with E-state index in [1.165, 1.54) is 17.0 Å². The maximum absolute atomic E-state index is 13.9. The zero-order valence-corrected chi connectivity index (χ0v) is 23.7. The predicted molar refractivity (Wildman–Crippen MR) is 152 cm³/mol. The summed E-state index contributed by atoms with van der Waals surface area (Å²) in [6.07, 6.45) is 0.740. The average Bonchev–Trinajstić information content (AvgIpc) is 2.91. The molecular weight excluding hydrogens is 522 g/mol. The van der Waals surface area contributed by atoms with Crippen molar-refractivity contribution in [2.75, 3.05) is 10.8 Å². The van der Waals surface area contributed by atoms with E-state index in [1.54, 1.807) is 49.4 Å². The van der Waals surface area contributed by atoms with Crippen LogP contribution in [0.4, 0.5) is 5.69 Å². The molecule has 0 heterocycles. The summed E-state index contributed by atoms with van der Waals surface area (Å²) in [6, 6.07) is 20.9. The highest BCUT2D eigenvalue weighted by atomic mass is 35.5. The number of carbonyl (C=O) groups excluding carboxylic acids is 2. The Bertz CT molecular complexity index is 1350. The molecule has 0 aromatic heterocycles. The Kier molecular flexibility index (Phi) is 9.94. The lowest BCUT2D eigenvalue weighted by molar-refractivity contribution is -0.139. The van der Waals surface area contributed by atoms with Gasteiger partial charge in [-0.15, -0.1) is 0 Å². The Balaban J connectivity index is 2.02. The van der Waals surface area contributed by atoms with E-state index in [1.807, 2.05) is 45.0 Å². The van der Waals surface area contributed by atoms with Crippen molar-refractivity contribution in [2.45, 2.75) is 57.6 Å². The number of hydrogen-bond acceptors (Lipinski definition) is 4. The fraction of sp³-hybridized carbons (Fsp3) is 0.310. The Morgan fingerprint density at radius 3 is 2.13 bits per heavy atom. The van der Waals surface area contributed by atoms with Crippen molar-refractivity contribution in [3.63, 3.8) is 0 Å². The Hall–Kier alpha value is -3.36. The number of sulfonamides is 1. The van der Waals surface area contributed by atoms with Crippen LogP contribution in [0.15, 0.2) is 83.8 Å². The second kappa shape index (κ2) is 12.9. The number of nitrogens with one attached hydrogen (secondary N) is 1. The van der Waals surface area contributed by atoms with E-state index in [-0.39, 0.29) is 23.4 Å². The quantitative estimate of drug-likeness (QED) is 0.353. The van der Waals surface area contributed by atoms with E-state index in [0.717, 1.165) is 21.9 Å². The minimum atomic E-state index is -4.10. The highest BCUT2D eigenvalue weighted by Crippen LogP contribution is 2.26. The van der Waals surface area contributed by atoms with Gasteiger partial charge in [-0.05, 0) is 74.7 Å². The van der Waals surface area contributed by atoms with Gasteiger partial charge in [0.05, 0.1) is 10.6 Å². The van der Waals surface area contributed by atoms with Crippen LogP contribution in [0.1, 0.15) is 38.3 Å². The second-order valence-electron chi connectivity index (χ2n) is 9.24. The fourth-order valence-electron chi connectivity index (χ4n) is 3.87. The monoisotopic (exact) mass is 555 g/mol. The molecule has 0 spiro atoms. The topological polar surface area (TPSA) is 86.8 Å². The molecule has 0 aliphatic rings. The Labute approximate surface area is 230 Å². The summed E-state index contributed by atoms with van der Waals surface area (Å²) in [5.74, 6) is -0.806. The molecule has 2 amide bonds. The predicted octanol–water partition coefficient (Wildman–Crippen LogP) is 5.18. The average molecular weight is 556 g/mol. The zero-order chi connectivity index (χ0) is 27.9. The maximum Gasteiger partial charge on any atom is 0.264 e. The molecule has 202 valence electrons. The molecule has 9 heteroatoms. The first-order valence-electron chi connectivity index (χ1n) is 12.5. The number of anilines is 1. The normalized spacial score (nSPS) is 12.9. The van der Waals surface area contributed by atoms with Crippen LogP contribution < -0.4 is 9.62 Å². The largest absolute Gasteiger partial charge is 0.352 e. The summed E-state index contributed by atoms with van der Waals surface area (Å²) in [5, 5.41) is 3.37. The van der Waals surface area contributed by atoms with E-state index in [4.69, 9.17) is 11.6 Å². The molecule has 38 heavy (non-hydrogen) atoms. The summed E-state index contributed by atoms with van der Waals surface area (Å²) in [6.45, 7) is 7.11. The third-order valence-electron chi connectivity index (χ3n) is 6.49. The van der Waals surface area contributed by atoms with Crippen LogP contribution in [0, 0.1) is 6.92 Å². The lowest BCUT2D eigenvalue weighted by Crippen LogP contribution is -2.52. The number of nitrogens with zero attached hydrogens (tertiary/aromatic N) is 2. The van der Waals surface area contributed by atoms with Crippen molar-refractivity contribution < 1.29 is 18.0 Å². The van der Waals surface area contributed by atoms with Crippen LogP contribution in [-0.4, -0.2) is 43.8 Å². The van der Waals surface area contributed by atoms with Gasteiger partial charge in [-0.1, -0.05) is 61.0 Å². The van der Waals surface area contributed by atoms with Crippen molar-refractivity contribution in [2.24, 2.45) is 0 Å². The summed E-state index contributed by atoms with van der Waals surface area (Å²) in [5.41, 5.74) is 2.12. The van der Waals surface area contributed by atoms with Gasteiger partial charge >= 0.3 is 0 Å². The van der Waals surface area contributed by atoms with Gasteiger partial charge in [-0.25, -0.2) is 8.42 Å². The van der Waals surface area contributed by atoms with E-state index >= 15 is 0 Å². The molecule has 0 saturated carbocycles. The molecule has 3 aromatic rings. The van der Waals surface area contributed by atoms with Gasteiger partial charge < -0.3 is 10.2 Å². The minimum absolute atomic E-state index is 0.0516. The lowest BCUT2D eigenvalue weighted by atomic mass is 10.1. The molecule has 0 aliphatic heterocycles. The standard InChI is InChI=1S/C29H34ClN3O4S/c1-5-22(3)31-29(35)23(4)32(19-24-12-10-9-11-21(24)2)28(34)20-33(26-17-15-25(30)16-18-26)38(36,37)27-13-7-6-8-14-27/h6-18,22-23H,5,19-20H2,1-4H3,(H,31,35). The van der Waals surface area contributed by atoms with E-state index < -0.39 is 28.5 Å². The Morgan fingerprint density at radius 1 is 0.921 bits per heavy atom. The van der Waals surface area contributed by atoms with Crippen LogP contribution >= 0.6 is 11.6 Å². The molecule has 2 atom stereocenters. The van der Waals surface area contributed by atoms with Crippen LogP contribution in [0.25, 0.3) is 0 Å². The highest BCUT2D eigenvalue weighted by molar-refractivity contribution is 7.92. The third-order valence-corrected chi connectivity index (χ3v) is 8.54. The first-order chi connectivity index (χ1) is 18.0. The first-order valence-corrected chi connectivity index (χ1v) is 14.3. The van der Waals surface area contributed by atoms with Crippen molar-refractivity contribution in [1.82, 2.24) is 10.2 Å². The third kappa shape index (κ3) is 7.14. The van der Waals surface area contributed by atoms with Gasteiger partial charge in [-0.2, -0.15) is 0 Å². The van der Waals surface area contributed by atoms with Crippen molar-refractivity contribution in [3.05, 3.63) is 95.0 Å². The summed E-state index contributed by atoms with van der Waals surface area (Å²) < 4.78 is 28.5. The number of amides is 2. The van der Waals surface area contributed by atoms with E-state index in [9.17, 15) is 18.0 Å². The van der Waals surface area contributed by atoms with Gasteiger partial charge in [0.2, 0.25) is 11.8 Å². The van der Waals surface area contributed by atoms with Crippen LogP contribution in [0.3, 0.4) is 0 Å². The number of rotatable bonds is 11. The minimum Gasteiger partial charge on any atom is -0.352 e. The molecule has 0 fully saturated rings. The van der Waals surface area contributed by atoms with E-state index in [2.05, 4.69) is 5.32 Å². The first kappa shape index (κ1) is 29.2. The fourth-order valence-corrected chi connectivity index (χ4v) is 5.44. The van der Waals surface area contributed by atoms with Crippen LogP contribution in [-0.2, 0) is 26.2 Å². The maximum atomic E-state index is 13.9. The number of aryl methyl sites for hydroxylation is 1. The lowest BCUT2D eigenvalue weighted by Gasteiger charge is -2.32. The SMILES string of the molecule is CCC(C)NC(=O)C(C)N(Cc1ccccc1C)C(=O)CN(c1ccc(Cl)cc1)S(=O)(=O)c1ccccc1. The van der Waals surface area contributed by atoms with Crippen LogP contribution in [0.5, 0.6) is 0 Å². The van der Waals surface area contributed by atoms with Crippen molar-refractivity contribution >= 4 is 39.1 Å². The van der Waals surface area contributed by atoms with Crippen LogP contribution in [0.2, 0.25) is 5.02 Å². The van der Waals surface area contributed by atoms with Gasteiger partial charge in [0.15, 0.2) is 0 Å². The molecule has 0 saturated heterocycles. The summed E-state index contributed by atoms with van der Waals surface area (Å²) in [7, 11) is -4.10. The summed E-state index contributed by atoms with van der Waals surface area (Å²) >= 11 is 6.05. The molecule has 0 radical (unpaired) electrons. The second-order valence-corrected chi connectivity index (χ2v) is 11.5. The van der Waals surface area contributed by atoms with E-state index in [0.29, 0.717) is 10.7 Å². The van der Waals surface area contributed by atoms with Gasteiger partial charge in [0, 0.05) is 17.6 Å². The summed E-state index contributed by atoms with van der Waals surface area (Å²) in [4.78, 5) is 28.5. The molecule has 1 N–H and O–H groups in total. The molecule has 3 rings (SSSR count). The Morgan fingerprint density at radius 2 is 1.53 bits per heavy atom. The molecule has 3 aromatic carbocycles.